The molecule has 0 spiro atoms. The van der Waals surface area contributed by atoms with Crippen LogP contribution in [0.25, 0.3) is 0 Å². The van der Waals surface area contributed by atoms with Gasteiger partial charge in [0.2, 0.25) is 0 Å². The Balaban J connectivity index is 2.03. The van der Waals surface area contributed by atoms with E-state index in [1.54, 1.807) is 0 Å². The predicted octanol–water partition coefficient (Wildman–Crippen LogP) is 4.22. The highest BCUT2D eigenvalue weighted by Crippen LogP contribution is 2.04. The van der Waals surface area contributed by atoms with Crippen molar-refractivity contribution >= 4 is 12.2 Å². The fourth-order valence-corrected chi connectivity index (χ4v) is 1.97. The van der Waals surface area contributed by atoms with Gasteiger partial charge in [0, 0.05) is 6.54 Å². The molecule has 0 saturated carbocycles. The first-order chi connectivity index (χ1) is 10.7. The second kappa shape index (κ2) is 11.6. The Morgan fingerprint density at radius 3 is 2.50 bits per heavy atom. The molecule has 0 unspecified atom stereocenters. The third kappa shape index (κ3) is 9.00. The lowest BCUT2D eigenvalue weighted by Gasteiger charge is -2.08. The highest BCUT2D eigenvalue weighted by molar-refractivity contribution is 5.82. The fourth-order valence-electron chi connectivity index (χ4n) is 1.97. The van der Waals surface area contributed by atoms with E-state index in [9.17, 15) is 4.79 Å². The van der Waals surface area contributed by atoms with Crippen LogP contribution in [-0.4, -0.2) is 18.7 Å². The molecule has 1 aromatic rings. The molecule has 0 aliphatic carbocycles. The Bertz CT molecular complexity index is 435. The summed E-state index contributed by atoms with van der Waals surface area (Å²) in [5.41, 5.74) is 0.881. The second-order valence-corrected chi connectivity index (χ2v) is 5.15. The molecule has 0 aliphatic rings. The van der Waals surface area contributed by atoms with Crippen molar-refractivity contribution in [3.05, 3.63) is 35.9 Å². The predicted molar refractivity (Wildman–Crippen MR) is 86.8 cm³/mol. The second-order valence-electron chi connectivity index (χ2n) is 5.15. The van der Waals surface area contributed by atoms with E-state index in [4.69, 9.17) is 14.9 Å². The molecule has 0 aliphatic heterocycles. The van der Waals surface area contributed by atoms with Gasteiger partial charge in [0.1, 0.15) is 6.61 Å². The van der Waals surface area contributed by atoms with Gasteiger partial charge < -0.3 is 14.8 Å². The van der Waals surface area contributed by atoms with E-state index in [0.717, 1.165) is 18.4 Å². The first kappa shape index (κ1) is 18.0. The molecule has 1 aromatic carbocycles. The molecule has 2 N–H and O–H groups in total. The van der Waals surface area contributed by atoms with Gasteiger partial charge in [0.15, 0.2) is 0 Å². The van der Waals surface area contributed by atoms with Crippen molar-refractivity contribution in [2.24, 2.45) is 0 Å². The molecule has 0 atom stereocenters. The zero-order chi connectivity index (χ0) is 16.0. The topological polar surface area (TPSA) is 71.4 Å². The van der Waals surface area contributed by atoms with Gasteiger partial charge in [-0.2, -0.15) is 0 Å². The van der Waals surface area contributed by atoms with Gasteiger partial charge in [-0.1, -0.05) is 69.4 Å². The molecule has 0 heterocycles. The van der Waals surface area contributed by atoms with Gasteiger partial charge in [0.05, 0.1) is 0 Å². The van der Waals surface area contributed by atoms with Crippen LogP contribution in [0, 0.1) is 5.41 Å². The third-order valence-electron chi connectivity index (χ3n) is 3.20. The number of carbonyl (C=O) groups excluding carboxylic acids is 1. The molecule has 0 aromatic heterocycles. The molecule has 0 saturated heterocycles. The summed E-state index contributed by atoms with van der Waals surface area (Å²) in [6, 6.07) is 9.09. The largest absolute Gasteiger partial charge is 0.516 e. The molecular weight excluding hydrogens is 280 g/mol. The van der Waals surface area contributed by atoms with Crippen molar-refractivity contribution in [3.63, 3.8) is 0 Å². The van der Waals surface area contributed by atoms with Crippen molar-refractivity contribution in [3.8, 4) is 0 Å². The fraction of sp³-hybridized carbons (Fsp3) is 0.529. The molecule has 5 heteroatoms. The van der Waals surface area contributed by atoms with Crippen molar-refractivity contribution < 1.29 is 14.3 Å². The zero-order valence-corrected chi connectivity index (χ0v) is 13.3. The highest BCUT2D eigenvalue weighted by Gasteiger charge is 2.08. The maximum Gasteiger partial charge on any atom is 0.516 e. The van der Waals surface area contributed by atoms with Crippen LogP contribution in [0.1, 0.15) is 51.0 Å². The standard InChI is InChI=1S/C17H26N2O3/c1-2-3-4-5-6-10-13-19-16(18)22-17(20)21-14-15-11-8-7-9-12-15/h7-9,11-12H,2-6,10,13-14H2,1H3,(H2,18,19). The van der Waals surface area contributed by atoms with Crippen molar-refractivity contribution in [1.29, 1.82) is 5.41 Å². The number of ether oxygens (including phenoxy) is 2. The molecule has 122 valence electrons. The number of carbonyl (C=O) groups is 1. The summed E-state index contributed by atoms with van der Waals surface area (Å²) in [5.74, 6) is 0. The Labute approximate surface area is 132 Å². The number of unbranched alkanes of at least 4 members (excludes halogenated alkanes) is 5. The summed E-state index contributed by atoms with van der Waals surface area (Å²) in [6.07, 6.45) is 6.22. The van der Waals surface area contributed by atoms with Crippen LogP contribution in [-0.2, 0) is 16.1 Å². The number of hydrogen-bond donors (Lipinski definition) is 2. The minimum Gasteiger partial charge on any atom is -0.429 e. The number of amidine groups is 1. The van der Waals surface area contributed by atoms with Gasteiger partial charge in [0.25, 0.3) is 6.02 Å². The third-order valence-corrected chi connectivity index (χ3v) is 3.20. The summed E-state index contributed by atoms with van der Waals surface area (Å²) in [7, 11) is 0. The smallest absolute Gasteiger partial charge is 0.429 e. The molecular formula is C17H26N2O3. The Kier molecular flexibility index (Phi) is 9.50. The molecule has 0 fully saturated rings. The Morgan fingerprint density at radius 2 is 1.77 bits per heavy atom. The minimum absolute atomic E-state index is 0.143. The molecule has 22 heavy (non-hydrogen) atoms. The van der Waals surface area contributed by atoms with Gasteiger partial charge in [-0.25, -0.2) is 4.79 Å². The number of rotatable bonds is 9. The van der Waals surface area contributed by atoms with Crippen LogP contribution in [0.2, 0.25) is 0 Å². The zero-order valence-electron chi connectivity index (χ0n) is 13.3. The molecule has 0 amide bonds. The van der Waals surface area contributed by atoms with E-state index in [-0.39, 0.29) is 12.6 Å². The minimum atomic E-state index is -0.857. The van der Waals surface area contributed by atoms with E-state index in [2.05, 4.69) is 12.2 Å². The van der Waals surface area contributed by atoms with Crippen molar-refractivity contribution in [2.45, 2.75) is 52.1 Å². The van der Waals surface area contributed by atoms with Gasteiger partial charge in [-0.05, 0) is 12.0 Å². The summed E-state index contributed by atoms with van der Waals surface area (Å²) in [4.78, 5) is 11.4. The van der Waals surface area contributed by atoms with E-state index in [1.807, 2.05) is 30.3 Å². The van der Waals surface area contributed by atoms with Crippen LogP contribution in [0.5, 0.6) is 0 Å². The van der Waals surface area contributed by atoms with E-state index >= 15 is 0 Å². The van der Waals surface area contributed by atoms with Crippen LogP contribution in [0.4, 0.5) is 4.79 Å². The average molecular weight is 306 g/mol. The molecule has 5 nitrogen and oxygen atoms in total. The number of nitrogens with one attached hydrogen (secondary N) is 2. The van der Waals surface area contributed by atoms with E-state index in [0.29, 0.717) is 6.54 Å². The van der Waals surface area contributed by atoms with Crippen molar-refractivity contribution in [1.82, 2.24) is 5.32 Å². The van der Waals surface area contributed by atoms with Crippen LogP contribution in [0.15, 0.2) is 30.3 Å². The maximum absolute atomic E-state index is 11.4. The van der Waals surface area contributed by atoms with Gasteiger partial charge in [-0.3, -0.25) is 5.41 Å². The molecule has 0 bridgehead atoms. The number of benzene rings is 1. The lowest BCUT2D eigenvalue weighted by molar-refractivity contribution is 0.0870. The van der Waals surface area contributed by atoms with Gasteiger partial charge in [-0.15, -0.1) is 0 Å². The quantitative estimate of drug-likeness (QED) is 0.310. The first-order valence-electron chi connectivity index (χ1n) is 7.93. The summed E-state index contributed by atoms with van der Waals surface area (Å²) in [6.45, 7) is 2.97. The lowest BCUT2D eigenvalue weighted by atomic mass is 10.1. The van der Waals surface area contributed by atoms with Crippen LogP contribution in [0.3, 0.4) is 0 Å². The Hall–Kier alpha value is -2.04. The maximum atomic E-state index is 11.4. The monoisotopic (exact) mass is 306 g/mol. The van der Waals surface area contributed by atoms with Crippen LogP contribution < -0.4 is 5.32 Å². The van der Waals surface area contributed by atoms with Crippen LogP contribution >= 0.6 is 0 Å². The lowest BCUT2D eigenvalue weighted by Crippen LogP contribution is -2.28. The normalized spacial score (nSPS) is 10.0. The summed E-state index contributed by atoms with van der Waals surface area (Å²) < 4.78 is 9.66. The SMILES string of the molecule is CCCCCCCCNC(=N)OC(=O)OCc1ccccc1. The van der Waals surface area contributed by atoms with E-state index in [1.165, 1.54) is 25.7 Å². The first-order valence-corrected chi connectivity index (χ1v) is 7.93. The van der Waals surface area contributed by atoms with Gasteiger partial charge >= 0.3 is 6.16 Å². The Morgan fingerprint density at radius 1 is 1.09 bits per heavy atom. The van der Waals surface area contributed by atoms with Crippen molar-refractivity contribution in [2.75, 3.05) is 6.54 Å². The summed E-state index contributed by atoms with van der Waals surface area (Å²) >= 11 is 0. The molecule has 0 radical (unpaired) electrons. The highest BCUT2D eigenvalue weighted by atomic mass is 16.7. The molecule has 1 rings (SSSR count). The summed E-state index contributed by atoms with van der Waals surface area (Å²) in [5, 5.41) is 10.3. The van der Waals surface area contributed by atoms with E-state index < -0.39 is 6.16 Å². The number of hydrogen-bond acceptors (Lipinski definition) is 4. The average Bonchev–Trinajstić information content (AvgIpc) is 2.53.